The number of aromatic hydroxyl groups is 1. The molecule has 3 aromatic rings. The molecule has 0 aliphatic heterocycles. The van der Waals surface area contributed by atoms with E-state index in [0.29, 0.717) is 17.1 Å². The Bertz CT molecular complexity index is 967. The molecule has 2 aromatic heterocycles. The van der Waals surface area contributed by atoms with Gasteiger partial charge in [0.1, 0.15) is 40.9 Å². The van der Waals surface area contributed by atoms with E-state index in [1.807, 2.05) is 23.5 Å². The second kappa shape index (κ2) is 7.26. The minimum Gasteiger partial charge on any atom is -0.507 e. The van der Waals surface area contributed by atoms with Gasteiger partial charge >= 0.3 is 0 Å². The Labute approximate surface area is 158 Å². The van der Waals surface area contributed by atoms with Crippen molar-refractivity contribution in [3.63, 3.8) is 0 Å². The number of rotatable bonds is 5. The molecular formula is C16H17B3FN5O2. The van der Waals surface area contributed by atoms with Gasteiger partial charge in [0.05, 0.1) is 11.9 Å². The van der Waals surface area contributed by atoms with Gasteiger partial charge in [-0.3, -0.25) is 0 Å². The number of benzene rings is 1. The number of hydrogen-bond donors (Lipinski definition) is 2. The summed E-state index contributed by atoms with van der Waals surface area (Å²) in [6, 6.07) is 7.47. The third-order valence-electron chi connectivity index (χ3n) is 3.64. The van der Waals surface area contributed by atoms with Crippen LogP contribution in [0.5, 0.6) is 11.6 Å². The first-order valence-corrected chi connectivity index (χ1v) is 8.33. The number of nitrogens with one attached hydrogen (secondary N) is 1. The van der Waals surface area contributed by atoms with Crippen LogP contribution < -0.4 is 10.1 Å². The van der Waals surface area contributed by atoms with E-state index in [1.165, 1.54) is 18.3 Å². The second-order valence-corrected chi connectivity index (χ2v) is 6.90. The maximum Gasteiger partial charge on any atom is 0.232 e. The highest BCUT2D eigenvalue weighted by Gasteiger charge is 2.17. The van der Waals surface area contributed by atoms with Crippen molar-refractivity contribution in [1.82, 2.24) is 20.4 Å². The van der Waals surface area contributed by atoms with Gasteiger partial charge in [0, 0.05) is 35.1 Å². The van der Waals surface area contributed by atoms with E-state index in [4.69, 9.17) is 4.74 Å². The topological polar surface area (TPSA) is 93.1 Å². The zero-order valence-electron chi connectivity index (χ0n) is 15.5. The molecule has 11 heteroatoms. The van der Waals surface area contributed by atoms with Crippen LogP contribution in [-0.2, 0) is 0 Å². The van der Waals surface area contributed by atoms with Crippen molar-refractivity contribution in [3.05, 3.63) is 42.3 Å². The quantitative estimate of drug-likeness (QED) is 0.584. The van der Waals surface area contributed by atoms with Crippen molar-refractivity contribution >= 4 is 29.4 Å². The first-order valence-electron chi connectivity index (χ1n) is 8.33. The third-order valence-corrected chi connectivity index (χ3v) is 3.64. The Morgan fingerprint density at radius 1 is 1.07 bits per heavy atom. The zero-order chi connectivity index (χ0) is 19.6. The summed E-state index contributed by atoms with van der Waals surface area (Å²) in [5.74, 6) is 0.200. The molecule has 0 aliphatic carbocycles. The molecule has 1 aromatic carbocycles. The zero-order valence-corrected chi connectivity index (χ0v) is 15.5. The fourth-order valence-electron chi connectivity index (χ4n) is 2.46. The van der Waals surface area contributed by atoms with Crippen LogP contribution in [0.4, 0.5) is 10.2 Å². The number of halogens is 1. The molecule has 2 N–H and O–H groups in total. The fourth-order valence-corrected chi connectivity index (χ4v) is 2.46. The molecule has 2 heterocycles. The summed E-state index contributed by atoms with van der Waals surface area (Å²) in [6.07, 6.45) is 1.41. The Balaban J connectivity index is 1.98. The average Bonchev–Trinajstić information content (AvgIpc) is 2.62. The Morgan fingerprint density at radius 2 is 1.85 bits per heavy atom. The van der Waals surface area contributed by atoms with Crippen LogP contribution in [0.2, 0.25) is 0 Å². The van der Waals surface area contributed by atoms with E-state index in [-0.39, 0.29) is 22.8 Å². The summed E-state index contributed by atoms with van der Waals surface area (Å²) in [5, 5.41) is 28.5. The van der Waals surface area contributed by atoms with Gasteiger partial charge in [-0.1, -0.05) is 0 Å². The van der Waals surface area contributed by atoms with E-state index in [2.05, 4.69) is 25.7 Å². The minimum absolute atomic E-state index is 0.118. The molecule has 3 rings (SSSR count). The van der Waals surface area contributed by atoms with Crippen molar-refractivity contribution in [2.75, 3.05) is 12.4 Å². The molecule has 0 aliphatic rings. The Hall–Kier alpha value is -3.10. The molecule has 0 amide bonds. The van der Waals surface area contributed by atoms with Gasteiger partial charge in [0.15, 0.2) is 0 Å². The molecule has 0 spiro atoms. The normalized spacial score (nSPS) is 11.2. The summed E-state index contributed by atoms with van der Waals surface area (Å²) in [5.41, 5.74) is 1.24. The Kier molecular flexibility index (Phi) is 5.03. The van der Waals surface area contributed by atoms with Gasteiger partial charge in [-0.2, -0.15) is 5.10 Å². The smallest absolute Gasteiger partial charge is 0.232 e. The van der Waals surface area contributed by atoms with Crippen molar-refractivity contribution in [2.45, 2.75) is 5.30 Å². The molecule has 134 valence electrons. The van der Waals surface area contributed by atoms with Gasteiger partial charge in [-0.25, -0.2) is 4.39 Å². The lowest BCUT2D eigenvalue weighted by atomic mass is 9.52. The van der Waals surface area contributed by atoms with Gasteiger partial charge < -0.3 is 15.2 Å². The van der Waals surface area contributed by atoms with Gasteiger partial charge in [-0.15, -0.1) is 15.3 Å². The first-order chi connectivity index (χ1) is 12.8. The SMILES string of the molecule is BC(B)(B)Oc1cc(-c2cc(O)c(-c3ccc(NC)nn3)cc2F)cnn1. The highest BCUT2D eigenvalue weighted by molar-refractivity contribution is 6.58. The number of phenols is 1. The van der Waals surface area contributed by atoms with Gasteiger partial charge in [0.2, 0.25) is 5.88 Å². The van der Waals surface area contributed by atoms with E-state index >= 15 is 0 Å². The van der Waals surface area contributed by atoms with E-state index in [0.717, 1.165) is 0 Å². The molecule has 0 saturated carbocycles. The molecule has 0 unspecified atom stereocenters. The highest BCUT2D eigenvalue weighted by Crippen LogP contribution is 2.35. The van der Waals surface area contributed by atoms with Gasteiger partial charge in [0.25, 0.3) is 0 Å². The molecule has 0 radical (unpaired) electrons. The van der Waals surface area contributed by atoms with Crippen LogP contribution in [0.25, 0.3) is 22.4 Å². The van der Waals surface area contributed by atoms with Gasteiger partial charge in [-0.05, 0) is 24.3 Å². The average molecular weight is 363 g/mol. The van der Waals surface area contributed by atoms with Crippen LogP contribution in [0.15, 0.2) is 36.5 Å². The summed E-state index contributed by atoms with van der Waals surface area (Å²) in [4.78, 5) is 0. The predicted molar refractivity (Wildman–Crippen MR) is 109 cm³/mol. The van der Waals surface area contributed by atoms with Crippen LogP contribution >= 0.6 is 0 Å². The van der Waals surface area contributed by atoms with Crippen molar-refractivity contribution in [1.29, 1.82) is 0 Å². The number of ether oxygens (including phenoxy) is 1. The monoisotopic (exact) mass is 363 g/mol. The molecule has 7 nitrogen and oxygen atoms in total. The van der Waals surface area contributed by atoms with E-state index < -0.39 is 11.1 Å². The third kappa shape index (κ3) is 4.36. The largest absolute Gasteiger partial charge is 0.507 e. The van der Waals surface area contributed by atoms with Crippen LogP contribution in [0, 0.1) is 5.82 Å². The number of phenolic OH excluding ortho intramolecular Hbond substituents is 1. The molecule has 0 bridgehead atoms. The van der Waals surface area contributed by atoms with Crippen molar-refractivity contribution < 1.29 is 14.2 Å². The first kappa shape index (κ1) is 18.7. The number of hydrogen-bond acceptors (Lipinski definition) is 7. The summed E-state index contributed by atoms with van der Waals surface area (Å²) in [6.45, 7) is 0. The maximum absolute atomic E-state index is 14.8. The van der Waals surface area contributed by atoms with Crippen molar-refractivity contribution in [2.24, 2.45) is 0 Å². The molecule has 0 saturated heterocycles. The van der Waals surface area contributed by atoms with Crippen LogP contribution in [0.3, 0.4) is 0 Å². The standard InChI is InChI=1S/C16H17B3FN5O2/c1-21-14-3-2-12(23-24-14)10-5-11(20)9(6-13(10)26)8-4-15(25-22-7-8)27-16(17,18)19/h2-7,26H,17-19H2,1H3,(H,21,24). The lowest BCUT2D eigenvalue weighted by Crippen LogP contribution is -2.37. The molecule has 0 fully saturated rings. The molecule has 27 heavy (non-hydrogen) atoms. The van der Waals surface area contributed by atoms with Crippen LogP contribution in [0.1, 0.15) is 0 Å². The number of anilines is 1. The highest BCUT2D eigenvalue weighted by atomic mass is 19.1. The number of nitrogens with zero attached hydrogens (tertiary/aromatic N) is 4. The summed E-state index contributed by atoms with van der Waals surface area (Å²) < 4.78 is 20.4. The Morgan fingerprint density at radius 3 is 2.48 bits per heavy atom. The van der Waals surface area contributed by atoms with Crippen LogP contribution in [-0.4, -0.2) is 61.4 Å². The number of aromatic nitrogens is 4. The summed E-state index contributed by atoms with van der Waals surface area (Å²) >= 11 is 0. The van der Waals surface area contributed by atoms with E-state index in [9.17, 15) is 9.50 Å². The maximum atomic E-state index is 14.8. The predicted octanol–water partition coefficient (Wildman–Crippen LogP) is -0.624. The fraction of sp³-hybridized carbons (Fsp3) is 0.125. The lowest BCUT2D eigenvalue weighted by molar-refractivity contribution is 0.302. The lowest BCUT2D eigenvalue weighted by Gasteiger charge is -2.20. The van der Waals surface area contributed by atoms with E-state index in [1.54, 1.807) is 25.2 Å². The summed E-state index contributed by atoms with van der Waals surface area (Å²) in [7, 11) is 7.35. The minimum atomic E-state index is -0.531. The molecular weight excluding hydrogens is 346 g/mol. The van der Waals surface area contributed by atoms with Crippen molar-refractivity contribution in [3.8, 4) is 34.0 Å². The molecule has 0 atom stereocenters. The second-order valence-electron chi connectivity index (χ2n) is 6.90.